The molecule has 0 fully saturated rings. The Morgan fingerprint density at radius 3 is 3.04 bits per heavy atom. The van der Waals surface area contributed by atoms with Crippen LogP contribution in [0.1, 0.15) is 16.7 Å². The molecule has 1 aliphatic heterocycles. The Morgan fingerprint density at radius 2 is 2.16 bits per heavy atom. The number of aryl methyl sites for hydroxylation is 1. The molecule has 3 aromatic rings. The number of thiazole rings is 1. The van der Waals surface area contributed by atoms with Crippen LogP contribution in [0.4, 0.5) is 5.13 Å². The molecular formula is C20H18N2O2S. The van der Waals surface area contributed by atoms with Gasteiger partial charge in [-0.05, 0) is 29.7 Å². The molecule has 0 atom stereocenters. The summed E-state index contributed by atoms with van der Waals surface area (Å²) in [5.74, 6) is 0.886. The molecule has 4 rings (SSSR count). The molecule has 0 aliphatic carbocycles. The number of anilines is 1. The van der Waals surface area contributed by atoms with Crippen molar-refractivity contribution in [3.63, 3.8) is 0 Å². The fourth-order valence-corrected chi connectivity index (χ4v) is 3.74. The third-order valence-electron chi connectivity index (χ3n) is 4.29. The number of benzene rings is 2. The molecule has 1 aromatic heterocycles. The van der Waals surface area contributed by atoms with Gasteiger partial charge in [0.1, 0.15) is 5.75 Å². The maximum Gasteiger partial charge on any atom is 0.230 e. The van der Waals surface area contributed by atoms with Crippen LogP contribution in [0.5, 0.6) is 5.75 Å². The maximum atomic E-state index is 12.3. The molecule has 0 bridgehead atoms. The largest absolute Gasteiger partial charge is 0.493 e. The molecule has 25 heavy (non-hydrogen) atoms. The van der Waals surface area contributed by atoms with E-state index in [1.165, 1.54) is 22.5 Å². The number of fused-ring (bicyclic) bond motifs is 1. The van der Waals surface area contributed by atoms with Crippen LogP contribution >= 0.6 is 11.3 Å². The molecule has 0 spiro atoms. The lowest BCUT2D eigenvalue weighted by Crippen LogP contribution is -2.14. The second-order valence-electron chi connectivity index (χ2n) is 6.12. The van der Waals surface area contributed by atoms with Crippen LogP contribution in [-0.4, -0.2) is 17.5 Å². The van der Waals surface area contributed by atoms with Crippen LogP contribution in [0.3, 0.4) is 0 Å². The third kappa shape index (κ3) is 3.42. The Bertz CT molecular complexity index is 933. The lowest BCUT2D eigenvalue weighted by Gasteiger charge is -2.05. The van der Waals surface area contributed by atoms with Gasteiger partial charge in [-0.3, -0.25) is 4.79 Å². The molecular weight excluding hydrogens is 332 g/mol. The van der Waals surface area contributed by atoms with E-state index < -0.39 is 0 Å². The number of hydrogen-bond donors (Lipinski definition) is 1. The molecule has 0 saturated heterocycles. The SMILES string of the molecule is Cc1ccccc1-c1csc(NC(=O)Cc2ccc3c(c2)CCO3)n1. The summed E-state index contributed by atoms with van der Waals surface area (Å²) in [4.78, 5) is 16.9. The van der Waals surface area contributed by atoms with Crippen molar-refractivity contribution in [2.24, 2.45) is 0 Å². The molecule has 0 radical (unpaired) electrons. The Balaban J connectivity index is 1.44. The van der Waals surface area contributed by atoms with E-state index in [4.69, 9.17) is 4.74 Å². The van der Waals surface area contributed by atoms with Gasteiger partial charge in [0, 0.05) is 17.4 Å². The monoisotopic (exact) mass is 350 g/mol. The molecule has 2 aromatic carbocycles. The first kappa shape index (κ1) is 15.8. The van der Waals surface area contributed by atoms with Gasteiger partial charge < -0.3 is 10.1 Å². The summed E-state index contributed by atoms with van der Waals surface area (Å²) in [6.45, 7) is 2.79. The van der Waals surface area contributed by atoms with Crippen molar-refractivity contribution in [2.45, 2.75) is 19.8 Å². The Labute approximate surface area is 150 Å². The highest BCUT2D eigenvalue weighted by molar-refractivity contribution is 7.14. The van der Waals surface area contributed by atoms with Crippen molar-refractivity contribution in [1.29, 1.82) is 0 Å². The van der Waals surface area contributed by atoms with E-state index in [2.05, 4.69) is 29.4 Å². The zero-order valence-corrected chi connectivity index (χ0v) is 14.7. The van der Waals surface area contributed by atoms with Crippen LogP contribution in [0, 0.1) is 6.92 Å². The van der Waals surface area contributed by atoms with E-state index in [-0.39, 0.29) is 5.91 Å². The van der Waals surface area contributed by atoms with E-state index in [1.807, 2.05) is 35.7 Å². The van der Waals surface area contributed by atoms with Gasteiger partial charge in [-0.2, -0.15) is 0 Å². The molecule has 1 N–H and O–H groups in total. The Morgan fingerprint density at radius 1 is 1.28 bits per heavy atom. The minimum atomic E-state index is -0.0513. The molecule has 126 valence electrons. The topological polar surface area (TPSA) is 51.2 Å². The van der Waals surface area contributed by atoms with Gasteiger partial charge in [0.05, 0.1) is 18.7 Å². The summed E-state index contributed by atoms with van der Waals surface area (Å²) in [5, 5.41) is 5.51. The molecule has 0 saturated carbocycles. The normalized spacial score (nSPS) is 12.5. The number of ether oxygens (including phenoxy) is 1. The van der Waals surface area contributed by atoms with Crippen LogP contribution in [0.2, 0.25) is 0 Å². The number of carbonyl (C=O) groups is 1. The first-order chi connectivity index (χ1) is 12.2. The number of nitrogens with zero attached hydrogens (tertiary/aromatic N) is 1. The maximum absolute atomic E-state index is 12.3. The smallest absolute Gasteiger partial charge is 0.230 e. The number of hydrogen-bond acceptors (Lipinski definition) is 4. The van der Waals surface area contributed by atoms with Gasteiger partial charge >= 0.3 is 0 Å². The van der Waals surface area contributed by atoms with Gasteiger partial charge in [0.2, 0.25) is 5.91 Å². The molecule has 4 nitrogen and oxygen atoms in total. The molecule has 1 aliphatic rings. The molecule has 5 heteroatoms. The highest BCUT2D eigenvalue weighted by Gasteiger charge is 2.14. The second-order valence-corrected chi connectivity index (χ2v) is 6.98. The van der Waals surface area contributed by atoms with E-state index in [9.17, 15) is 4.79 Å². The lowest BCUT2D eigenvalue weighted by molar-refractivity contribution is -0.115. The van der Waals surface area contributed by atoms with E-state index in [1.54, 1.807) is 0 Å². The van der Waals surface area contributed by atoms with Gasteiger partial charge in [0.25, 0.3) is 0 Å². The standard InChI is InChI=1S/C20H18N2O2S/c1-13-4-2-3-5-16(13)17-12-25-20(21-17)22-19(23)11-14-6-7-18-15(10-14)8-9-24-18/h2-7,10,12H,8-9,11H2,1H3,(H,21,22,23). The summed E-state index contributed by atoms with van der Waals surface area (Å²) in [7, 11) is 0. The van der Waals surface area contributed by atoms with Gasteiger partial charge in [-0.25, -0.2) is 4.98 Å². The Hall–Kier alpha value is -2.66. The third-order valence-corrected chi connectivity index (χ3v) is 5.05. The number of amides is 1. The average Bonchev–Trinajstić information content (AvgIpc) is 3.24. The number of aromatic nitrogens is 1. The van der Waals surface area contributed by atoms with Crippen molar-refractivity contribution < 1.29 is 9.53 Å². The minimum Gasteiger partial charge on any atom is -0.493 e. The zero-order valence-electron chi connectivity index (χ0n) is 13.9. The average molecular weight is 350 g/mol. The van der Waals surface area contributed by atoms with E-state index in [0.29, 0.717) is 11.6 Å². The van der Waals surface area contributed by atoms with Crippen molar-refractivity contribution in [3.05, 3.63) is 64.5 Å². The molecule has 1 amide bonds. The Kier molecular flexibility index (Phi) is 4.24. The lowest BCUT2D eigenvalue weighted by atomic mass is 10.1. The van der Waals surface area contributed by atoms with Gasteiger partial charge in [0.15, 0.2) is 5.13 Å². The summed E-state index contributed by atoms with van der Waals surface area (Å²) in [6.07, 6.45) is 1.25. The minimum absolute atomic E-state index is 0.0513. The summed E-state index contributed by atoms with van der Waals surface area (Å²) in [5.41, 5.74) is 5.34. The highest BCUT2D eigenvalue weighted by atomic mass is 32.1. The zero-order chi connectivity index (χ0) is 17.2. The van der Waals surface area contributed by atoms with Crippen molar-refractivity contribution in [3.8, 4) is 17.0 Å². The van der Waals surface area contributed by atoms with Crippen LogP contribution in [-0.2, 0) is 17.6 Å². The van der Waals surface area contributed by atoms with Crippen LogP contribution in [0.25, 0.3) is 11.3 Å². The van der Waals surface area contributed by atoms with E-state index in [0.717, 1.165) is 35.6 Å². The summed E-state index contributed by atoms with van der Waals surface area (Å²) >= 11 is 1.45. The fourth-order valence-electron chi connectivity index (χ4n) is 3.01. The van der Waals surface area contributed by atoms with Crippen molar-refractivity contribution >= 4 is 22.4 Å². The number of carbonyl (C=O) groups excluding carboxylic acids is 1. The predicted molar refractivity (Wildman–Crippen MR) is 100 cm³/mol. The molecule has 0 unspecified atom stereocenters. The first-order valence-corrected chi connectivity index (χ1v) is 9.13. The van der Waals surface area contributed by atoms with Gasteiger partial charge in [-0.15, -0.1) is 11.3 Å². The predicted octanol–water partition coefficient (Wildman–Crippen LogP) is 4.23. The van der Waals surface area contributed by atoms with E-state index >= 15 is 0 Å². The van der Waals surface area contributed by atoms with Crippen LogP contribution in [0.15, 0.2) is 47.8 Å². The summed E-state index contributed by atoms with van der Waals surface area (Å²) < 4.78 is 5.50. The van der Waals surface area contributed by atoms with Crippen LogP contribution < -0.4 is 10.1 Å². The summed E-state index contributed by atoms with van der Waals surface area (Å²) in [6, 6.07) is 14.1. The first-order valence-electron chi connectivity index (χ1n) is 8.25. The van der Waals surface area contributed by atoms with Gasteiger partial charge in [-0.1, -0.05) is 36.4 Å². The van der Waals surface area contributed by atoms with Crippen molar-refractivity contribution in [2.75, 3.05) is 11.9 Å². The highest BCUT2D eigenvalue weighted by Crippen LogP contribution is 2.28. The second kappa shape index (κ2) is 6.69. The number of nitrogens with one attached hydrogen (secondary N) is 1. The quantitative estimate of drug-likeness (QED) is 0.766. The van der Waals surface area contributed by atoms with Crippen molar-refractivity contribution in [1.82, 2.24) is 4.98 Å². The molecule has 2 heterocycles. The fraction of sp³-hybridized carbons (Fsp3) is 0.200. The number of rotatable bonds is 4.